The van der Waals surface area contributed by atoms with Gasteiger partial charge in [-0.2, -0.15) is 18.3 Å². The molecule has 33 heavy (non-hydrogen) atoms. The van der Waals surface area contributed by atoms with Crippen molar-refractivity contribution >= 4 is 11.6 Å². The van der Waals surface area contributed by atoms with Crippen LogP contribution in [0.25, 0.3) is 5.82 Å². The zero-order valence-electron chi connectivity index (χ0n) is 17.1. The van der Waals surface area contributed by atoms with Crippen LogP contribution in [-0.2, 0) is 6.18 Å². The molecule has 4 aromatic rings. The van der Waals surface area contributed by atoms with Crippen molar-refractivity contribution in [1.29, 1.82) is 0 Å². The van der Waals surface area contributed by atoms with Crippen molar-refractivity contribution in [3.05, 3.63) is 84.2 Å². The fraction of sp³-hybridized carbons (Fsp3) is 0.0909. The first-order chi connectivity index (χ1) is 15.8. The monoisotopic (exact) mass is 455 g/mol. The highest BCUT2D eigenvalue weighted by atomic mass is 19.4. The van der Waals surface area contributed by atoms with E-state index in [2.05, 4.69) is 20.6 Å². The lowest BCUT2D eigenvalue weighted by Gasteiger charge is -2.12. The molecule has 0 saturated heterocycles. The van der Waals surface area contributed by atoms with Gasteiger partial charge < -0.3 is 14.8 Å². The van der Waals surface area contributed by atoms with Gasteiger partial charge in [-0.1, -0.05) is 18.2 Å². The first kappa shape index (κ1) is 21.8. The maximum Gasteiger partial charge on any atom is 0.434 e. The van der Waals surface area contributed by atoms with Crippen LogP contribution in [0.5, 0.6) is 17.4 Å². The number of rotatable bonds is 6. The molecule has 1 amide bonds. The van der Waals surface area contributed by atoms with E-state index in [1.165, 1.54) is 31.4 Å². The molecule has 0 aliphatic heterocycles. The summed E-state index contributed by atoms with van der Waals surface area (Å²) < 4.78 is 52.4. The first-order valence-corrected chi connectivity index (χ1v) is 9.53. The molecule has 0 spiro atoms. The number of carbonyl (C=O) groups is 1. The van der Waals surface area contributed by atoms with E-state index < -0.39 is 23.3 Å². The van der Waals surface area contributed by atoms with Gasteiger partial charge in [-0.05, 0) is 42.5 Å². The fourth-order valence-corrected chi connectivity index (χ4v) is 2.93. The largest absolute Gasteiger partial charge is 0.480 e. The number of carbonyl (C=O) groups excluding carboxylic acids is 1. The number of halogens is 3. The van der Waals surface area contributed by atoms with Crippen LogP contribution in [0.2, 0.25) is 0 Å². The molecule has 8 nitrogen and oxygen atoms in total. The smallest absolute Gasteiger partial charge is 0.434 e. The third-order valence-corrected chi connectivity index (χ3v) is 4.43. The summed E-state index contributed by atoms with van der Waals surface area (Å²) in [6, 6.07) is 17.8. The molecule has 0 aliphatic carbocycles. The quantitative estimate of drug-likeness (QED) is 0.452. The Hall–Kier alpha value is -4.41. The summed E-state index contributed by atoms with van der Waals surface area (Å²) in [4.78, 5) is 12.7. The van der Waals surface area contributed by atoms with Crippen molar-refractivity contribution in [2.45, 2.75) is 6.18 Å². The fourth-order valence-electron chi connectivity index (χ4n) is 2.93. The predicted molar refractivity (Wildman–Crippen MR) is 112 cm³/mol. The molecule has 0 atom stereocenters. The minimum absolute atomic E-state index is 0.122. The number of amides is 1. The van der Waals surface area contributed by atoms with Gasteiger partial charge in [0.15, 0.2) is 11.5 Å². The molecular weight excluding hydrogens is 439 g/mol. The normalized spacial score (nSPS) is 11.2. The van der Waals surface area contributed by atoms with Crippen molar-refractivity contribution in [2.75, 3.05) is 12.4 Å². The Morgan fingerprint density at radius 2 is 1.64 bits per heavy atom. The molecule has 0 fully saturated rings. The number of nitrogens with zero attached hydrogens (tertiary/aromatic N) is 4. The third kappa shape index (κ3) is 4.92. The summed E-state index contributed by atoms with van der Waals surface area (Å²) in [6.45, 7) is 0. The lowest BCUT2D eigenvalue weighted by Crippen LogP contribution is -2.21. The van der Waals surface area contributed by atoms with Gasteiger partial charge in [-0.15, -0.1) is 10.2 Å². The van der Waals surface area contributed by atoms with E-state index >= 15 is 0 Å². The summed E-state index contributed by atoms with van der Waals surface area (Å²) in [5.74, 6) is 0.0488. The number of para-hydroxylation sites is 1. The zero-order valence-corrected chi connectivity index (χ0v) is 17.1. The Morgan fingerprint density at radius 3 is 2.24 bits per heavy atom. The highest BCUT2D eigenvalue weighted by Gasteiger charge is 2.41. The Bertz CT molecular complexity index is 1240. The number of anilines is 1. The van der Waals surface area contributed by atoms with Gasteiger partial charge in [0.25, 0.3) is 5.91 Å². The maximum absolute atomic E-state index is 13.8. The summed E-state index contributed by atoms with van der Waals surface area (Å²) in [5.41, 5.74) is -1.65. The molecule has 2 heterocycles. The van der Waals surface area contributed by atoms with E-state index in [-0.39, 0.29) is 17.4 Å². The van der Waals surface area contributed by atoms with Crippen LogP contribution in [0.15, 0.2) is 72.9 Å². The number of benzene rings is 2. The van der Waals surface area contributed by atoms with Crippen molar-refractivity contribution in [3.63, 3.8) is 0 Å². The molecule has 0 unspecified atom stereocenters. The van der Waals surface area contributed by atoms with Crippen LogP contribution in [-0.4, -0.2) is 33.0 Å². The number of ether oxygens (including phenoxy) is 2. The van der Waals surface area contributed by atoms with Crippen molar-refractivity contribution < 1.29 is 27.4 Å². The Labute approximate surface area is 185 Å². The lowest BCUT2D eigenvalue weighted by atomic mass is 10.2. The van der Waals surface area contributed by atoms with E-state index in [4.69, 9.17) is 9.47 Å². The number of alkyl halides is 3. The van der Waals surface area contributed by atoms with Crippen LogP contribution in [0, 0.1) is 0 Å². The Morgan fingerprint density at radius 1 is 0.939 bits per heavy atom. The minimum atomic E-state index is -4.88. The van der Waals surface area contributed by atoms with Crippen LogP contribution in [0.4, 0.5) is 18.9 Å². The third-order valence-electron chi connectivity index (χ3n) is 4.43. The van der Waals surface area contributed by atoms with Gasteiger partial charge in [0.2, 0.25) is 5.88 Å². The molecule has 168 valence electrons. The number of methoxy groups -OCH3 is 1. The molecule has 2 aromatic heterocycles. The number of aromatic nitrogens is 4. The molecule has 2 aromatic carbocycles. The Balaban J connectivity index is 1.56. The van der Waals surface area contributed by atoms with Gasteiger partial charge >= 0.3 is 6.18 Å². The molecule has 11 heteroatoms. The molecule has 0 bridgehead atoms. The van der Waals surface area contributed by atoms with E-state index in [0.717, 1.165) is 6.20 Å². The summed E-state index contributed by atoms with van der Waals surface area (Å²) in [7, 11) is 1.35. The average Bonchev–Trinajstić information content (AvgIpc) is 3.27. The standard InChI is InChI=1S/C22H16F3N5O3/c1-32-19-12-11-18(28-29-19)30-20(22(23,24)25)17(13-26-30)21(31)27-14-7-9-16(10-8-14)33-15-5-3-2-4-6-15/h2-13H,1H3,(H,27,31). The first-order valence-electron chi connectivity index (χ1n) is 9.53. The second kappa shape index (κ2) is 8.99. The highest BCUT2D eigenvalue weighted by Crippen LogP contribution is 2.34. The molecule has 1 N–H and O–H groups in total. The van der Waals surface area contributed by atoms with E-state index in [1.807, 2.05) is 18.2 Å². The van der Waals surface area contributed by atoms with Crippen LogP contribution < -0.4 is 14.8 Å². The number of hydrogen-bond donors (Lipinski definition) is 1. The maximum atomic E-state index is 13.8. The molecule has 0 radical (unpaired) electrons. The zero-order chi connectivity index (χ0) is 23.4. The number of nitrogens with one attached hydrogen (secondary N) is 1. The lowest BCUT2D eigenvalue weighted by molar-refractivity contribution is -0.143. The van der Waals surface area contributed by atoms with Crippen molar-refractivity contribution in [3.8, 4) is 23.2 Å². The Kier molecular flexibility index (Phi) is 5.94. The summed E-state index contributed by atoms with van der Waals surface area (Å²) in [6.07, 6.45) is -4.05. The number of hydrogen-bond acceptors (Lipinski definition) is 6. The van der Waals surface area contributed by atoms with Gasteiger partial charge in [0.05, 0.1) is 18.9 Å². The second-order valence-corrected chi connectivity index (χ2v) is 6.64. The minimum Gasteiger partial charge on any atom is -0.480 e. The topological polar surface area (TPSA) is 91.2 Å². The molecular formula is C22H16F3N5O3. The van der Waals surface area contributed by atoms with Crippen LogP contribution in [0.3, 0.4) is 0 Å². The molecule has 4 rings (SSSR count). The van der Waals surface area contributed by atoms with Crippen LogP contribution in [0.1, 0.15) is 16.1 Å². The van der Waals surface area contributed by atoms with Gasteiger partial charge in [-0.3, -0.25) is 4.79 Å². The van der Waals surface area contributed by atoms with Crippen molar-refractivity contribution in [2.24, 2.45) is 0 Å². The molecule has 0 aliphatic rings. The SMILES string of the molecule is COc1ccc(-n2ncc(C(=O)Nc3ccc(Oc4ccccc4)cc3)c2C(F)(F)F)nn1. The van der Waals surface area contributed by atoms with Gasteiger partial charge in [-0.25, -0.2) is 4.68 Å². The highest BCUT2D eigenvalue weighted by molar-refractivity contribution is 6.05. The van der Waals surface area contributed by atoms with Crippen LogP contribution >= 0.6 is 0 Å². The van der Waals surface area contributed by atoms with E-state index in [1.54, 1.807) is 24.3 Å². The van der Waals surface area contributed by atoms with E-state index in [0.29, 0.717) is 16.2 Å². The van der Waals surface area contributed by atoms with Gasteiger partial charge in [0.1, 0.15) is 11.5 Å². The summed E-state index contributed by atoms with van der Waals surface area (Å²) >= 11 is 0. The summed E-state index contributed by atoms with van der Waals surface area (Å²) in [5, 5.41) is 13.5. The van der Waals surface area contributed by atoms with E-state index in [9.17, 15) is 18.0 Å². The average molecular weight is 455 g/mol. The molecule has 0 saturated carbocycles. The predicted octanol–water partition coefficient (Wildman–Crippen LogP) is 4.73. The van der Waals surface area contributed by atoms with Gasteiger partial charge in [0, 0.05) is 11.8 Å². The second-order valence-electron chi connectivity index (χ2n) is 6.64. The van der Waals surface area contributed by atoms with Crippen molar-refractivity contribution in [1.82, 2.24) is 20.0 Å².